The summed E-state index contributed by atoms with van der Waals surface area (Å²) in [6.07, 6.45) is -1.38. The molecule has 0 atom stereocenters. The van der Waals surface area contributed by atoms with Gasteiger partial charge < -0.3 is 4.90 Å². The van der Waals surface area contributed by atoms with Crippen LogP contribution in [0.2, 0.25) is 0 Å². The molecule has 1 aromatic carbocycles. The van der Waals surface area contributed by atoms with Crippen LogP contribution < -0.4 is 0 Å². The summed E-state index contributed by atoms with van der Waals surface area (Å²) in [4.78, 5) is 18.8. The number of sulfonamides is 1. The highest BCUT2D eigenvalue weighted by Gasteiger charge is 2.37. The zero-order chi connectivity index (χ0) is 23.5. The predicted octanol–water partition coefficient (Wildman–Crippen LogP) is 3.64. The van der Waals surface area contributed by atoms with Crippen LogP contribution in [0.5, 0.6) is 0 Å². The molecule has 0 radical (unpaired) electrons. The minimum atomic E-state index is -4.42. The van der Waals surface area contributed by atoms with Crippen molar-refractivity contribution in [2.75, 3.05) is 38.4 Å². The Morgan fingerprint density at radius 1 is 1.19 bits per heavy atom. The molecule has 1 aromatic rings. The fourth-order valence-corrected chi connectivity index (χ4v) is 5.50. The molecule has 2 aliphatic heterocycles. The van der Waals surface area contributed by atoms with Crippen molar-refractivity contribution in [3.63, 3.8) is 0 Å². The van der Waals surface area contributed by atoms with Gasteiger partial charge in [0.1, 0.15) is 10.9 Å². The highest BCUT2D eigenvalue weighted by molar-refractivity contribution is 7.90. The van der Waals surface area contributed by atoms with Crippen LogP contribution in [0.3, 0.4) is 0 Å². The molecule has 0 bridgehead atoms. The maximum atomic E-state index is 13.4. The average molecular weight is 492 g/mol. The summed E-state index contributed by atoms with van der Waals surface area (Å²) in [6.45, 7) is 0.897. The molecule has 11 heteroatoms. The Balaban J connectivity index is 1.70. The van der Waals surface area contributed by atoms with Crippen LogP contribution in [-0.2, 0) is 21.0 Å². The number of aliphatic imine (C=N–C) groups is 1. The molecule has 1 amide bonds. The number of alkyl halides is 4. The van der Waals surface area contributed by atoms with Crippen molar-refractivity contribution < 1.29 is 26.4 Å². The monoisotopic (exact) mass is 491 g/mol. The lowest BCUT2D eigenvalue weighted by Crippen LogP contribution is -2.45. The van der Waals surface area contributed by atoms with Crippen LogP contribution in [0.4, 0.5) is 13.2 Å². The van der Waals surface area contributed by atoms with Crippen LogP contribution in [0.1, 0.15) is 36.3 Å². The molecule has 1 fully saturated rings. The van der Waals surface area contributed by atoms with Crippen LogP contribution in [0.15, 0.2) is 40.9 Å². The van der Waals surface area contributed by atoms with Crippen molar-refractivity contribution in [3.8, 4) is 0 Å². The number of benzene rings is 1. The highest BCUT2D eigenvalue weighted by atomic mass is 35.5. The maximum Gasteiger partial charge on any atom is 0.416 e. The minimum absolute atomic E-state index is 0.0168. The molecule has 6 nitrogen and oxygen atoms in total. The van der Waals surface area contributed by atoms with Gasteiger partial charge in [0.05, 0.1) is 5.56 Å². The maximum absolute atomic E-state index is 13.4. The molecular formula is C21H25ClF3N3O3S. The lowest BCUT2D eigenvalue weighted by Gasteiger charge is -2.34. The topological polar surface area (TPSA) is 70.1 Å². The number of nitrogens with zero attached hydrogens (tertiary/aromatic N) is 3. The van der Waals surface area contributed by atoms with Gasteiger partial charge in [-0.15, -0.1) is 11.6 Å². The third-order valence-electron chi connectivity index (χ3n) is 5.87. The number of carbonyl (C=O) groups is 1. The fraction of sp³-hybridized carbons (Fsp3) is 0.524. The molecule has 0 saturated carbocycles. The Labute approximate surface area is 190 Å². The van der Waals surface area contributed by atoms with Crippen molar-refractivity contribution in [2.24, 2.45) is 4.99 Å². The number of hydrogen-bond acceptors (Lipinski definition) is 4. The Morgan fingerprint density at radius 3 is 2.44 bits per heavy atom. The summed E-state index contributed by atoms with van der Waals surface area (Å²) >= 11 is 5.55. The second-order valence-corrected chi connectivity index (χ2v) is 10.3. The smallest absolute Gasteiger partial charge is 0.337 e. The Morgan fingerprint density at radius 2 is 1.84 bits per heavy atom. The second kappa shape index (κ2) is 9.93. The van der Waals surface area contributed by atoms with Crippen LogP contribution in [0, 0.1) is 0 Å². The SMILES string of the molecule is CN=C(C(=O)N1CCC(c2ccccc2C(F)(F)F)CC1)C1=CCCN(S(=O)(=O)CCl)C1. The van der Waals surface area contributed by atoms with Gasteiger partial charge in [0.15, 0.2) is 0 Å². The zero-order valence-corrected chi connectivity index (χ0v) is 19.2. The fourth-order valence-electron chi connectivity index (χ4n) is 4.23. The van der Waals surface area contributed by atoms with Crippen molar-refractivity contribution in [1.82, 2.24) is 9.21 Å². The van der Waals surface area contributed by atoms with Gasteiger partial charge in [-0.3, -0.25) is 9.79 Å². The molecule has 1 saturated heterocycles. The largest absolute Gasteiger partial charge is 0.416 e. The van der Waals surface area contributed by atoms with E-state index in [1.807, 2.05) is 0 Å². The van der Waals surface area contributed by atoms with Crippen molar-refractivity contribution in [3.05, 3.63) is 47.0 Å². The first-order chi connectivity index (χ1) is 15.1. The van der Waals surface area contributed by atoms with Gasteiger partial charge in [-0.2, -0.15) is 17.5 Å². The second-order valence-electron chi connectivity index (χ2n) is 7.80. The third kappa shape index (κ3) is 5.35. The minimum Gasteiger partial charge on any atom is -0.337 e. The van der Waals surface area contributed by atoms with Gasteiger partial charge in [0.25, 0.3) is 5.91 Å². The number of likely N-dealkylation sites (tertiary alicyclic amines) is 1. The molecule has 0 unspecified atom stereocenters. The summed E-state index contributed by atoms with van der Waals surface area (Å²) in [7, 11) is -2.15. The summed E-state index contributed by atoms with van der Waals surface area (Å²) in [5.74, 6) is -0.636. The van der Waals surface area contributed by atoms with E-state index in [4.69, 9.17) is 11.6 Å². The third-order valence-corrected chi connectivity index (χ3v) is 8.07. The molecule has 3 rings (SSSR count). The van der Waals surface area contributed by atoms with Crippen LogP contribution in [0.25, 0.3) is 0 Å². The molecule has 0 aliphatic carbocycles. The first kappa shape index (κ1) is 24.7. The van der Waals surface area contributed by atoms with E-state index < -0.39 is 27.0 Å². The van der Waals surface area contributed by atoms with Crippen molar-refractivity contribution in [1.29, 1.82) is 0 Å². The molecule has 2 aliphatic rings. The summed E-state index contributed by atoms with van der Waals surface area (Å²) in [6, 6.07) is 5.56. The normalized spacial score (nSPS) is 19.7. The molecule has 0 aromatic heterocycles. The van der Waals surface area contributed by atoms with Crippen molar-refractivity contribution >= 4 is 33.2 Å². The number of hydrogen-bond donors (Lipinski definition) is 0. The molecule has 176 valence electrons. The number of amides is 1. The average Bonchev–Trinajstić information content (AvgIpc) is 2.79. The molecular weight excluding hydrogens is 467 g/mol. The van der Waals surface area contributed by atoms with Gasteiger partial charge in [-0.25, -0.2) is 8.42 Å². The quantitative estimate of drug-likeness (QED) is 0.466. The first-order valence-corrected chi connectivity index (χ1v) is 12.4. The van der Waals surface area contributed by atoms with E-state index in [0.29, 0.717) is 37.9 Å². The first-order valence-electron chi connectivity index (χ1n) is 10.2. The van der Waals surface area contributed by atoms with E-state index in [-0.39, 0.29) is 36.2 Å². The van der Waals surface area contributed by atoms with Crippen LogP contribution in [-0.4, -0.2) is 67.7 Å². The zero-order valence-electron chi connectivity index (χ0n) is 17.6. The predicted molar refractivity (Wildman–Crippen MR) is 117 cm³/mol. The number of carbonyl (C=O) groups excluding carboxylic acids is 1. The van der Waals surface area contributed by atoms with E-state index in [2.05, 4.69) is 4.99 Å². The van der Waals surface area contributed by atoms with Gasteiger partial charge in [-0.1, -0.05) is 24.3 Å². The highest BCUT2D eigenvalue weighted by Crippen LogP contribution is 2.38. The Bertz CT molecular complexity index is 1020. The summed E-state index contributed by atoms with van der Waals surface area (Å²) in [5.41, 5.74) is 0.317. The van der Waals surface area contributed by atoms with Crippen LogP contribution >= 0.6 is 11.6 Å². The van der Waals surface area contributed by atoms with E-state index in [1.54, 1.807) is 17.0 Å². The molecule has 2 heterocycles. The summed E-state index contributed by atoms with van der Waals surface area (Å²) in [5, 5.41) is -0.542. The standard InChI is InChI=1S/C21H25ClF3N3O3S/c1-26-19(16-5-4-10-28(13-16)32(30,31)14-22)20(29)27-11-8-15(9-12-27)17-6-2-3-7-18(17)21(23,24)25/h2-3,5-7,15H,4,8-14H2,1H3. The van der Waals surface area contributed by atoms with E-state index in [1.165, 1.54) is 23.5 Å². The number of halogens is 4. The molecule has 32 heavy (non-hydrogen) atoms. The lowest BCUT2D eigenvalue weighted by molar-refractivity contribution is -0.138. The van der Waals surface area contributed by atoms with Gasteiger partial charge in [0.2, 0.25) is 10.0 Å². The van der Waals surface area contributed by atoms with Gasteiger partial charge >= 0.3 is 6.18 Å². The number of rotatable bonds is 5. The van der Waals surface area contributed by atoms with E-state index >= 15 is 0 Å². The Hall–Kier alpha value is -1.91. The van der Waals surface area contributed by atoms with E-state index in [9.17, 15) is 26.4 Å². The van der Waals surface area contributed by atoms with E-state index in [0.717, 1.165) is 6.07 Å². The van der Waals surface area contributed by atoms with Gasteiger partial charge in [0, 0.05) is 33.2 Å². The Kier molecular flexibility index (Phi) is 7.67. The number of piperidine rings is 1. The van der Waals surface area contributed by atoms with Gasteiger partial charge in [-0.05, 0) is 42.4 Å². The molecule has 0 N–H and O–H groups in total. The summed E-state index contributed by atoms with van der Waals surface area (Å²) < 4.78 is 65.5. The van der Waals surface area contributed by atoms with Crippen molar-refractivity contribution in [2.45, 2.75) is 31.4 Å². The molecule has 0 spiro atoms. The lowest BCUT2D eigenvalue weighted by atomic mass is 9.86.